The highest BCUT2D eigenvalue weighted by molar-refractivity contribution is 5.82. The number of aryl methyl sites for hydroxylation is 1. The van der Waals surface area contributed by atoms with Gasteiger partial charge in [-0.05, 0) is 87.9 Å². The summed E-state index contributed by atoms with van der Waals surface area (Å²) in [6, 6.07) is 14.5. The molecule has 1 saturated heterocycles. The molecule has 1 saturated carbocycles. The first-order chi connectivity index (χ1) is 17.0. The number of hydrogen-bond donors (Lipinski definition) is 1. The molecule has 0 radical (unpaired) electrons. The van der Waals surface area contributed by atoms with Crippen LogP contribution in [0, 0.1) is 12.8 Å². The van der Waals surface area contributed by atoms with Crippen molar-refractivity contribution < 1.29 is 14.3 Å². The Hall–Kier alpha value is -2.86. The Labute approximate surface area is 208 Å². The fourth-order valence-electron chi connectivity index (χ4n) is 5.32. The van der Waals surface area contributed by atoms with E-state index in [1.807, 2.05) is 12.1 Å². The minimum absolute atomic E-state index is 0.0949. The molecular formula is C29H37N3O3. The predicted molar refractivity (Wildman–Crippen MR) is 136 cm³/mol. The summed E-state index contributed by atoms with van der Waals surface area (Å²) in [4.78, 5) is 30.3. The third kappa shape index (κ3) is 5.53. The van der Waals surface area contributed by atoms with E-state index in [0.717, 1.165) is 56.6 Å². The Morgan fingerprint density at radius 2 is 1.80 bits per heavy atom. The SMILES string of the molecule is Cc1ccc([C@H]2c3cc(O[C@@H](C)C(=O)NCCN4CCCC4)ccc3CCN2C(=O)C2CC2)cc1. The van der Waals surface area contributed by atoms with Gasteiger partial charge in [-0.25, -0.2) is 0 Å². The van der Waals surface area contributed by atoms with Crippen LogP contribution < -0.4 is 10.1 Å². The quantitative estimate of drug-likeness (QED) is 0.630. The molecule has 0 spiro atoms. The van der Waals surface area contributed by atoms with Crippen LogP contribution in [0.15, 0.2) is 42.5 Å². The predicted octanol–water partition coefficient (Wildman–Crippen LogP) is 3.86. The summed E-state index contributed by atoms with van der Waals surface area (Å²) < 4.78 is 6.09. The van der Waals surface area contributed by atoms with Crippen LogP contribution in [0.3, 0.4) is 0 Å². The lowest BCUT2D eigenvalue weighted by atomic mass is 9.87. The molecule has 35 heavy (non-hydrogen) atoms. The number of carbonyl (C=O) groups excluding carboxylic acids is 2. The van der Waals surface area contributed by atoms with E-state index in [0.29, 0.717) is 12.3 Å². The number of likely N-dealkylation sites (tertiary alicyclic amines) is 1. The molecule has 0 bridgehead atoms. The number of carbonyl (C=O) groups is 2. The Balaban J connectivity index is 1.32. The van der Waals surface area contributed by atoms with Gasteiger partial charge in [-0.2, -0.15) is 0 Å². The summed E-state index contributed by atoms with van der Waals surface area (Å²) in [7, 11) is 0. The van der Waals surface area contributed by atoms with Crippen molar-refractivity contribution in [3.63, 3.8) is 0 Å². The van der Waals surface area contributed by atoms with Crippen LogP contribution in [0.1, 0.15) is 60.9 Å². The number of ether oxygens (including phenoxy) is 1. The molecule has 2 aromatic carbocycles. The summed E-state index contributed by atoms with van der Waals surface area (Å²) in [5.74, 6) is 1.01. The van der Waals surface area contributed by atoms with Gasteiger partial charge in [0.05, 0.1) is 6.04 Å². The van der Waals surface area contributed by atoms with E-state index in [2.05, 4.69) is 52.4 Å². The fourth-order valence-corrected chi connectivity index (χ4v) is 5.32. The van der Waals surface area contributed by atoms with Crippen molar-refractivity contribution in [2.45, 2.75) is 58.1 Å². The normalized spacial score (nSPS) is 20.9. The van der Waals surface area contributed by atoms with E-state index in [1.54, 1.807) is 6.92 Å². The topological polar surface area (TPSA) is 61.9 Å². The lowest BCUT2D eigenvalue weighted by molar-refractivity contribution is -0.134. The Bertz CT molecular complexity index is 1060. The maximum atomic E-state index is 13.2. The zero-order valence-electron chi connectivity index (χ0n) is 21.0. The first kappa shape index (κ1) is 23.9. The molecule has 0 aromatic heterocycles. The maximum Gasteiger partial charge on any atom is 0.260 e. The molecule has 1 aliphatic carbocycles. The number of hydrogen-bond acceptors (Lipinski definition) is 4. The fraction of sp³-hybridized carbons (Fsp3) is 0.517. The summed E-state index contributed by atoms with van der Waals surface area (Å²) in [5.41, 5.74) is 4.67. The summed E-state index contributed by atoms with van der Waals surface area (Å²) in [5, 5.41) is 3.01. The highest BCUT2D eigenvalue weighted by Crippen LogP contribution is 2.41. The van der Waals surface area contributed by atoms with E-state index < -0.39 is 6.10 Å². The van der Waals surface area contributed by atoms with Crippen molar-refractivity contribution >= 4 is 11.8 Å². The van der Waals surface area contributed by atoms with Crippen LogP contribution in [-0.4, -0.2) is 60.4 Å². The zero-order chi connectivity index (χ0) is 24.4. The third-order valence-electron chi connectivity index (χ3n) is 7.56. The summed E-state index contributed by atoms with van der Waals surface area (Å²) in [6.07, 6.45) is 4.74. The van der Waals surface area contributed by atoms with Crippen molar-refractivity contribution in [1.29, 1.82) is 0 Å². The first-order valence-corrected chi connectivity index (χ1v) is 13.2. The van der Waals surface area contributed by atoms with Gasteiger partial charge in [0.2, 0.25) is 5.91 Å². The molecule has 2 fully saturated rings. The second-order valence-corrected chi connectivity index (χ2v) is 10.3. The average Bonchev–Trinajstić information content (AvgIpc) is 3.59. The number of nitrogens with zero attached hydrogens (tertiary/aromatic N) is 2. The zero-order valence-corrected chi connectivity index (χ0v) is 21.0. The third-order valence-corrected chi connectivity index (χ3v) is 7.56. The minimum atomic E-state index is -0.586. The van der Waals surface area contributed by atoms with Crippen molar-refractivity contribution in [2.24, 2.45) is 5.92 Å². The molecule has 2 atom stereocenters. The monoisotopic (exact) mass is 475 g/mol. The lowest BCUT2D eigenvalue weighted by Crippen LogP contribution is -2.41. The molecule has 5 rings (SSSR count). The number of fused-ring (bicyclic) bond motifs is 1. The van der Waals surface area contributed by atoms with Crippen LogP contribution >= 0.6 is 0 Å². The number of benzene rings is 2. The van der Waals surface area contributed by atoms with Gasteiger partial charge in [0, 0.05) is 25.6 Å². The molecule has 0 unspecified atom stereocenters. The van der Waals surface area contributed by atoms with Gasteiger partial charge in [0.15, 0.2) is 6.10 Å². The standard InChI is InChI=1S/C29H37N3O3/c1-20-5-7-23(8-6-20)27-26-19-25(12-11-22(26)13-17-32(27)29(34)24-9-10-24)35-21(2)28(33)30-14-18-31-15-3-4-16-31/h5-8,11-12,19,21,24,27H,3-4,9-10,13-18H2,1-2H3,(H,30,33)/t21-,27-/m0/s1. The van der Waals surface area contributed by atoms with E-state index in [4.69, 9.17) is 4.74 Å². The minimum Gasteiger partial charge on any atom is -0.481 e. The molecular weight excluding hydrogens is 438 g/mol. The number of nitrogens with one attached hydrogen (secondary N) is 1. The number of rotatable bonds is 8. The van der Waals surface area contributed by atoms with Crippen LogP contribution in [0.4, 0.5) is 0 Å². The van der Waals surface area contributed by atoms with Gasteiger partial charge in [0.25, 0.3) is 5.91 Å². The highest BCUT2D eigenvalue weighted by atomic mass is 16.5. The van der Waals surface area contributed by atoms with Crippen LogP contribution in [0.2, 0.25) is 0 Å². The maximum absolute atomic E-state index is 13.2. The second kappa shape index (κ2) is 10.4. The summed E-state index contributed by atoms with van der Waals surface area (Å²) in [6.45, 7) is 8.39. The van der Waals surface area contributed by atoms with Crippen molar-refractivity contribution in [2.75, 3.05) is 32.7 Å². The van der Waals surface area contributed by atoms with Gasteiger partial charge in [-0.3, -0.25) is 9.59 Å². The molecule has 1 N–H and O–H groups in total. The lowest BCUT2D eigenvalue weighted by Gasteiger charge is -2.38. The molecule has 2 amide bonds. The van der Waals surface area contributed by atoms with Crippen molar-refractivity contribution in [1.82, 2.24) is 15.1 Å². The van der Waals surface area contributed by atoms with E-state index in [9.17, 15) is 9.59 Å². The van der Waals surface area contributed by atoms with Gasteiger partial charge in [0.1, 0.15) is 5.75 Å². The van der Waals surface area contributed by atoms with E-state index in [-0.39, 0.29) is 23.8 Å². The Kier molecular flexibility index (Phi) is 7.09. The average molecular weight is 476 g/mol. The molecule has 6 nitrogen and oxygen atoms in total. The van der Waals surface area contributed by atoms with Gasteiger partial charge in [-0.1, -0.05) is 35.9 Å². The van der Waals surface area contributed by atoms with E-state index in [1.165, 1.54) is 24.0 Å². The first-order valence-electron chi connectivity index (χ1n) is 13.2. The highest BCUT2D eigenvalue weighted by Gasteiger charge is 2.39. The molecule has 2 aromatic rings. The van der Waals surface area contributed by atoms with Crippen LogP contribution in [0.5, 0.6) is 5.75 Å². The summed E-state index contributed by atoms with van der Waals surface area (Å²) >= 11 is 0. The second-order valence-electron chi connectivity index (χ2n) is 10.3. The van der Waals surface area contributed by atoms with E-state index >= 15 is 0 Å². The van der Waals surface area contributed by atoms with Gasteiger partial charge < -0.3 is 19.9 Å². The molecule has 2 aliphatic heterocycles. The van der Waals surface area contributed by atoms with Crippen LogP contribution in [0.25, 0.3) is 0 Å². The molecule has 6 heteroatoms. The largest absolute Gasteiger partial charge is 0.481 e. The molecule has 2 heterocycles. The van der Waals surface area contributed by atoms with Crippen molar-refractivity contribution in [3.05, 3.63) is 64.7 Å². The Morgan fingerprint density at radius 3 is 2.51 bits per heavy atom. The van der Waals surface area contributed by atoms with Gasteiger partial charge >= 0.3 is 0 Å². The molecule has 3 aliphatic rings. The number of amides is 2. The van der Waals surface area contributed by atoms with Crippen molar-refractivity contribution in [3.8, 4) is 5.75 Å². The van der Waals surface area contributed by atoms with Gasteiger partial charge in [-0.15, -0.1) is 0 Å². The molecule has 186 valence electrons. The Morgan fingerprint density at radius 1 is 1.06 bits per heavy atom. The van der Waals surface area contributed by atoms with Crippen LogP contribution in [-0.2, 0) is 16.0 Å². The smallest absolute Gasteiger partial charge is 0.260 e.